The maximum atomic E-state index is 10.8. The van der Waals surface area contributed by atoms with Gasteiger partial charge in [0.05, 0.1) is 4.47 Å². The Kier molecular flexibility index (Phi) is 70.6. The van der Waals surface area contributed by atoms with Crippen molar-refractivity contribution in [1.29, 1.82) is 5.26 Å². The number of halogens is 13. The van der Waals surface area contributed by atoms with E-state index in [-0.39, 0.29) is 14.0 Å². The molecule has 11 rings (SSSR count). The number of carbonyl (C=O) groups is 2. The maximum Gasteiger partial charge on any atom is 0.174 e. The molecule has 136 heavy (non-hydrogen) atoms. The predicted octanol–water partition coefficient (Wildman–Crippen LogP) is 42.1. The number of aryl methyl sites for hydroxylation is 8. The van der Waals surface area contributed by atoms with E-state index in [0.717, 1.165) is 121 Å². The molecule has 0 spiro atoms. The molecule has 0 saturated heterocycles. The molecule has 0 radical (unpaired) electrons. The van der Waals surface area contributed by atoms with Crippen molar-refractivity contribution in [1.82, 2.24) is 0 Å². The molecule has 0 unspecified atom stereocenters. The average Bonchev–Trinajstić information content (AvgIpc) is 0.836. The summed E-state index contributed by atoms with van der Waals surface area (Å²) in [4.78, 5) is 23.4. The highest BCUT2D eigenvalue weighted by atomic mass is 127. The number of alkyl halides is 1. The van der Waals surface area contributed by atoms with Gasteiger partial charge in [0.2, 0.25) is 0 Å². The van der Waals surface area contributed by atoms with Crippen LogP contribution in [0.2, 0.25) is 0 Å². The molecule has 0 amide bonds. The number of rotatable bonds is 15. The van der Waals surface area contributed by atoms with Gasteiger partial charge in [-0.15, -0.1) is 0 Å². The molecule has 748 valence electrons. The van der Waals surface area contributed by atoms with Crippen molar-refractivity contribution in [3.05, 3.63) is 331 Å². The van der Waals surface area contributed by atoms with Crippen molar-refractivity contribution < 1.29 is 45.0 Å². The zero-order chi connectivity index (χ0) is 105. The van der Waals surface area contributed by atoms with Crippen LogP contribution in [-0.4, -0.2) is 54.7 Å². The number of aldehydes is 2. The lowest BCUT2D eigenvalue weighted by Gasteiger charge is -2.14. The number of aromatic hydroxyl groups is 6. The summed E-state index contributed by atoms with van der Waals surface area (Å²) in [5.41, 5.74) is 23.9. The second kappa shape index (κ2) is 70.9. The monoisotopic (exact) mass is 2740 g/mol. The standard InChI is InChI=1S/C12H14BrNO.2C11H13BrO.3C10H13BrO.2C10H13Br.2C9H11BrO.C9H12O.CH3I.CH4.Br2/c1-8(2)10-6-9(3)11(13)7-12(10)15-5-4-14;1-7(2)10-4-8(3)11(12)5-9(10)6-13;1-7(2)10-4-8(3)9(6-13)5-11(10)12;1-6(2)8-4-7(3)10(12)5-9(8)11;2*1-6(2)8-4-7(3)9(11)5-10(8)12;1-7(2)9-4-5-10(11)8(3)6-9;1-7(2)9-6-8(3)4-5-10(9)11;1-6(2)8-5-7(11)3-4-9(8)10;1-6(2)7-3-4-8(10)9(11)5-7;1-7(2)8-4-3-5-9(10)6-8;1-2;;1-2/h6-8H,5H2,1-3H3;2*4-7H,1-3H3;3*4-6,12H,1-3H3;2*4-7H,1-3H3;2*3-6,11H,1-2H3;3-7,10H,1-2H3;1H3;1H4;. The molecule has 10 nitrogen and oxygen atoms in total. The molecule has 0 aliphatic rings. The van der Waals surface area contributed by atoms with Crippen LogP contribution >= 0.6 is 210 Å². The van der Waals surface area contributed by atoms with E-state index in [1.54, 1.807) is 48.5 Å². The summed E-state index contributed by atoms with van der Waals surface area (Å²) in [5.74, 6) is 8.03. The Labute approximate surface area is 931 Å². The number of benzene rings is 11. The van der Waals surface area contributed by atoms with E-state index in [9.17, 15) is 30.0 Å². The molecule has 0 aliphatic carbocycles. The fourth-order valence-electron chi connectivity index (χ4n) is 12.3. The molecule has 23 heteroatoms. The Hall–Kier alpha value is -4.66. The van der Waals surface area contributed by atoms with Gasteiger partial charge in [-0.25, -0.2) is 0 Å². The number of phenols is 6. The molecular formula is C113H146Br12INO9. The SMILES string of the molecule is BrBr.C.CC(C)c1cc(O)ccc1Br.CC(C)c1ccc(Br)c(O)c1.CC(C)c1cccc(O)c1.CI.Cc1cc(C(C)C)c(Br)cc1C=O.Cc1cc(C(C)C)c(Br)cc1O.Cc1cc(C(C)C)c(C=O)cc1Br.Cc1cc(C(C)C)c(O)cc1Br.Cc1cc(C(C)C)c(O)cc1Br.Cc1cc(C(C)C)c(OCC#N)cc1Br.Cc1cc(C(C)C)ccc1Br.Cc1ccc(Br)c(C(C)C)c1. The molecule has 0 aromatic heterocycles. The first-order valence-electron chi connectivity index (χ1n) is 44.4. The zero-order valence-corrected chi connectivity index (χ0v) is 105. The van der Waals surface area contributed by atoms with Crippen LogP contribution in [0.4, 0.5) is 0 Å². The van der Waals surface area contributed by atoms with Crippen LogP contribution < -0.4 is 4.74 Å². The van der Waals surface area contributed by atoms with Crippen molar-refractivity contribution in [3.63, 3.8) is 0 Å². The van der Waals surface area contributed by atoms with Gasteiger partial charge in [-0.3, -0.25) is 9.59 Å². The van der Waals surface area contributed by atoms with Crippen LogP contribution in [0.25, 0.3) is 0 Å². The normalized spacial score (nSPS) is 10.2. The van der Waals surface area contributed by atoms with Crippen LogP contribution in [0.5, 0.6) is 40.2 Å². The third kappa shape index (κ3) is 50.5. The largest absolute Gasteiger partial charge is 0.508 e. The van der Waals surface area contributed by atoms with Crippen LogP contribution in [0.15, 0.2) is 215 Å². The first-order valence-corrected chi connectivity index (χ1v) is 58.3. The van der Waals surface area contributed by atoms with Crippen LogP contribution in [0, 0.1) is 66.7 Å². The van der Waals surface area contributed by atoms with Crippen molar-refractivity contribution in [2.75, 3.05) is 11.5 Å². The molecule has 0 bridgehead atoms. The van der Waals surface area contributed by atoms with Gasteiger partial charge < -0.3 is 35.4 Å². The van der Waals surface area contributed by atoms with E-state index in [0.29, 0.717) is 99.6 Å². The van der Waals surface area contributed by atoms with E-state index < -0.39 is 0 Å². The third-order valence-electron chi connectivity index (χ3n) is 20.6. The predicted molar refractivity (Wildman–Crippen MR) is 637 cm³/mol. The Balaban J connectivity index is -0.00000143. The number of hydrogen-bond acceptors (Lipinski definition) is 10. The van der Waals surface area contributed by atoms with Crippen molar-refractivity contribution >= 4 is 223 Å². The Morgan fingerprint density at radius 1 is 0.287 bits per heavy atom. The Morgan fingerprint density at radius 3 is 0.978 bits per heavy atom. The smallest absolute Gasteiger partial charge is 0.174 e. The van der Waals surface area contributed by atoms with Gasteiger partial charge in [-0.05, 0) is 332 Å². The Morgan fingerprint density at radius 2 is 0.603 bits per heavy atom. The van der Waals surface area contributed by atoms with E-state index in [1.165, 1.54) is 59.0 Å². The first kappa shape index (κ1) is 135. The molecule has 11 aromatic rings. The van der Waals surface area contributed by atoms with Crippen LogP contribution in [-0.2, 0) is 0 Å². The molecule has 0 aliphatic heterocycles. The van der Waals surface area contributed by atoms with E-state index in [4.69, 9.17) is 20.2 Å². The summed E-state index contributed by atoms with van der Waals surface area (Å²) in [6.07, 6.45) is 1.81. The molecule has 11 aromatic carbocycles. The number of nitriles is 1. The number of carbonyl (C=O) groups excluding carboxylic acids is 2. The molecule has 0 atom stereocenters. The summed E-state index contributed by atoms with van der Waals surface area (Å²) in [7, 11) is 0. The fourth-order valence-corrected chi connectivity index (χ4v) is 17.2. The van der Waals surface area contributed by atoms with Crippen LogP contribution in [0.3, 0.4) is 0 Å². The van der Waals surface area contributed by atoms with Gasteiger partial charge >= 0.3 is 0 Å². The summed E-state index contributed by atoms with van der Waals surface area (Å²) in [6, 6.07) is 56.6. The van der Waals surface area contributed by atoms with Gasteiger partial charge in [0.25, 0.3) is 0 Å². The second-order valence-corrected chi connectivity index (χ2v) is 44.1. The molecular weight excluding hydrogens is 2600 g/mol. The van der Waals surface area contributed by atoms with Crippen molar-refractivity contribution in [2.45, 2.75) is 280 Å². The molecule has 0 saturated carbocycles. The topological polar surface area (TPSA) is 189 Å². The number of phenolic OH excluding ortho intramolecular Hbond substituents is 6. The van der Waals surface area contributed by atoms with E-state index in [2.05, 4.69) is 431 Å². The summed E-state index contributed by atoms with van der Waals surface area (Å²) < 4.78 is 15.6. The van der Waals surface area contributed by atoms with Gasteiger partial charge in [-0.2, -0.15) is 5.26 Å². The number of hydrogen-bond donors (Lipinski definition) is 6. The summed E-state index contributed by atoms with van der Waals surface area (Å²) in [6.45, 7) is 63.0. The lowest BCUT2D eigenvalue weighted by Crippen LogP contribution is -2.00. The number of nitrogens with zero attached hydrogens (tertiary/aromatic N) is 1. The molecule has 0 fully saturated rings. The summed E-state index contributed by atoms with van der Waals surface area (Å²) in [5, 5.41) is 64.5. The minimum absolute atomic E-state index is 0. The highest BCUT2D eigenvalue weighted by Gasteiger charge is 2.16. The third-order valence-corrected chi connectivity index (χ3v) is 28.4. The highest BCUT2D eigenvalue weighted by Crippen LogP contribution is 2.38. The van der Waals surface area contributed by atoms with Gasteiger partial charge in [0.1, 0.15) is 58.9 Å². The van der Waals surface area contributed by atoms with Crippen LogP contribution in [0.1, 0.15) is 351 Å². The highest BCUT2D eigenvalue weighted by molar-refractivity contribution is 14.1. The van der Waals surface area contributed by atoms with Gasteiger partial charge in [0.15, 0.2) is 6.61 Å². The minimum Gasteiger partial charge on any atom is -0.508 e. The second-order valence-electron chi connectivity index (χ2n) is 35.5. The van der Waals surface area contributed by atoms with Gasteiger partial charge in [0, 0.05) is 79.6 Å². The number of ether oxygens (including phenoxy) is 1. The quantitative estimate of drug-likeness (QED) is 0.0327. The van der Waals surface area contributed by atoms with E-state index >= 15 is 0 Å². The maximum absolute atomic E-state index is 10.8. The van der Waals surface area contributed by atoms with Gasteiger partial charge in [-0.1, -0.05) is 410 Å². The average molecular weight is 2750 g/mol. The fraction of sp³-hybridized carbons (Fsp3) is 0.389. The zero-order valence-electron chi connectivity index (χ0n) is 84.1. The van der Waals surface area contributed by atoms with Crippen molar-refractivity contribution in [3.8, 4) is 46.3 Å². The minimum atomic E-state index is 0. The molecule has 0 heterocycles. The lowest BCUT2D eigenvalue weighted by molar-refractivity contribution is 0.111. The van der Waals surface area contributed by atoms with Crippen molar-refractivity contribution in [2.24, 2.45) is 0 Å². The first-order chi connectivity index (χ1) is 62.9. The lowest BCUT2D eigenvalue weighted by atomic mass is 9.96. The summed E-state index contributed by atoms with van der Waals surface area (Å²) >= 11 is 41.8. The van der Waals surface area contributed by atoms with E-state index in [1.807, 2.05) is 119 Å². The Bertz CT molecular complexity index is 5230. The molecule has 6 N–H and O–H groups in total.